The molecule has 1 aliphatic carbocycles. The fourth-order valence-corrected chi connectivity index (χ4v) is 3.15. The van der Waals surface area contributed by atoms with Gasteiger partial charge in [0.1, 0.15) is 5.82 Å². The number of hydrogen-bond donors (Lipinski definition) is 2. The third-order valence-corrected chi connectivity index (χ3v) is 4.52. The van der Waals surface area contributed by atoms with Gasteiger partial charge < -0.3 is 15.4 Å². The van der Waals surface area contributed by atoms with Crippen molar-refractivity contribution in [3.8, 4) is 0 Å². The van der Waals surface area contributed by atoms with Crippen LogP contribution < -0.4 is 10.6 Å². The van der Waals surface area contributed by atoms with Crippen molar-refractivity contribution in [2.75, 3.05) is 17.7 Å². The third-order valence-electron chi connectivity index (χ3n) is 4.52. The fourth-order valence-electron chi connectivity index (χ4n) is 3.15. The van der Waals surface area contributed by atoms with E-state index in [1.807, 2.05) is 0 Å². The Morgan fingerprint density at radius 2 is 1.88 bits per heavy atom. The zero-order chi connectivity index (χ0) is 18.4. The number of amides is 1. The zero-order valence-electron chi connectivity index (χ0n) is 14.8. The van der Waals surface area contributed by atoms with Gasteiger partial charge in [0.2, 0.25) is 0 Å². The minimum absolute atomic E-state index is 0.249. The number of aromatic nitrogens is 1. The number of nitrogens with one attached hydrogen (secondary N) is 2. The molecule has 136 valence electrons. The van der Waals surface area contributed by atoms with E-state index in [2.05, 4.69) is 15.6 Å². The largest absolute Gasteiger partial charge is 0.465 e. The van der Waals surface area contributed by atoms with Gasteiger partial charge in [0.25, 0.3) is 5.91 Å². The highest BCUT2D eigenvalue weighted by Gasteiger charge is 2.15. The molecule has 1 aromatic carbocycles. The van der Waals surface area contributed by atoms with Gasteiger partial charge in [0.05, 0.1) is 12.7 Å². The van der Waals surface area contributed by atoms with Crippen LogP contribution in [-0.4, -0.2) is 30.0 Å². The summed E-state index contributed by atoms with van der Waals surface area (Å²) in [7, 11) is 1.32. The van der Waals surface area contributed by atoms with Gasteiger partial charge in [-0.2, -0.15) is 0 Å². The summed E-state index contributed by atoms with van der Waals surface area (Å²) in [6, 6.07) is 10.5. The van der Waals surface area contributed by atoms with E-state index in [0.29, 0.717) is 28.7 Å². The Kier molecular flexibility index (Phi) is 5.84. The maximum atomic E-state index is 12.5. The van der Waals surface area contributed by atoms with Crippen molar-refractivity contribution in [3.05, 3.63) is 53.7 Å². The smallest absolute Gasteiger partial charge is 0.337 e. The molecule has 1 amide bonds. The zero-order valence-corrected chi connectivity index (χ0v) is 14.8. The Morgan fingerprint density at radius 1 is 1.08 bits per heavy atom. The Morgan fingerprint density at radius 3 is 2.65 bits per heavy atom. The Balaban J connectivity index is 1.68. The molecule has 0 atom stereocenters. The summed E-state index contributed by atoms with van der Waals surface area (Å²) in [5, 5.41) is 6.23. The summed E-state index contributed by atoms with van der Waals surface area (Å²) in [6.45, 7) is 0. The first kappa shape index (κ1) is 17.9. The molecule has 1 saturated carbocycles. The SMILES string of the molecule is COC(=O)c1cccc(NC(=O)c2ccnc(NC3CCCCC3)c2)c1. The minimum Gasteiger partial charge on any atom is -0.465 e. The molecule has 0 bridgehead atoms. The molecule has 6 nitrogen and oxygen atoms in total. The van der Waals surface area contributed by atoms with Gasteiger partial charge in [-0.05, 0) is 43.2 Å². The van der Waals surface area contributed by atoms with Gasteiger partial charge >= 0.3 is 5.97 Å². The Bertz CT molecular complexity index is 785. The number of ether oxygens (including phenoxy) is 1. The second-order valence-electron chi connectivity index (χ2n) is 6.44. The minimum atomic E-state index is -0.441. The summed E-state index contributed by atoms with van der Waals surface area (Å²) in [5.74, 6) is 0.0259. The van der Waals surface area contributed by atoms with Crippen LogP contribution in [0.1, 0.15) is 52.8 Å². The van der Waals surface area contributed by atoms with Crippen LogP contribution >= 0.6 is 0 Å². The number of esters is 1. The number of methoxy groups -OCH3 is 1. The van der Waals surface area contributed by atoms with Gasteiger partial charge in [-0.25, -0.2) is 9.78 Å². The molecule has 1 heterocycles. The molecular weight excluding hydrogens is 330 g/mol. The van der Waals surface area contributed by atoms with Crippen LogP contribution in [0.4, 0.5) is 11.5 Å². The molecule has 2 N–H and O–H groups in total. The number of rotatable bonds is 5. The van der Waals surface area contributed by atoms with Crippen molar-refractivity contribution in [1.82, 2.24) is 4.98 Å². The van der Waals surface area contributed by atoms with Gasteiger partial charge in [-0.1, -0.05) is 25.3 Å². The van der Waals surface area contributed by atoms with E-state index in [1.165, 1.54) is 26.4 Å². The second kappa shape index (κ2) is 8.47. The second-order valence-corrected chi connectivity index (χ2v) is 6.44. The summed E-state index contributed by atoms with van der Waals surface area (Å²) in [4.78, 5) is 28.4. The van der Waals surface area contributed by atoms with Crippen molar-refractivity contribution in [2.24, 2.45) is 0 Å². The molecule has 0 spiro atoms. The lowest BCUT2D eigenvalue weighted by Crippen LogP contribution is -2.23. The number of hydrogen-bond acceptors (Lipinski definition) is 5. The molecule has 6 heteroatoms. The molecular formula is C20H23N3O3. The first-order chi connectivity index (χ1) is 12.7. The number of carbonyl (C=O) groups excluding carboxylic acids is 2. The van der Waals surface area contributed by atoms with E-state index in [-0.39, 0.29) is 5.91 Å². The van der Waals surface area contributed by atoms with Crippen LogP contribution in [0.5, 0.6) is 0 Å². The first-order valence-electron chi connectivity index (χ1n) is 8.88. The van der Waals surface area contributed by atoms with Crippen LogP contribution in [0.15, 0.2) is 42.6 Å². The highest BCUT2D eigenvalue weighted by atomic mass is 16.5. The predicted octanol–water partition coefficient (Wildman–Crippen LogP) is 3.87. The molecule has 0 radical (unpaired) electrons. The highest BCUT2D eigenvalue weighted by molar-refractivity contribution is 6.05. The summed E-state index contributed by atoms with van der Waals surface area (Å²) >= 11 is 0. The third kappa shape index (κ3) is 4.59. The van der Waals surface area contributed by atoms with Crippen molar-refractivity contribution < 1.29 is 14.3 Å². The van der Waals surface area contributed by atoms with E-state index in [9.17, 15) is 9.59 Å². The quantitative estimate of drug-likeness (QED) is 0.798. The number of nitrogens with zero attached hydrogens (tertiary/aromatic N) is 1. The van der Waals surface area contributed by atoms with E-state index in [0.717, 1.165) is 12.8 Å². The van der Waals surface area contributed by atoms with Crippen LogP contribution in [0.3, 0.4) is 0 Å². The van der Waals surface area contributed by atoms with E-state index < -0.39 is 5.97 Å². The number of carbonyl (C=O) groups is 2. The molecule has 0 unspecified atom stereocenters. The van der Waals surface area contributed by atoms with Crippen LogP contribution in [-0.2, 0) is 4.74 Å². The molecule has 1 aromatic heterocycles. The number of anilines is 2. The fraction of sp³-hybridized carbons (Fsp3) is 0.350. The Hall–Kier alpha value is -2.89. The normalized spacial score (nSPS) is 14.5. The summed E-state index contributed by atoms with van der Waals surface area (Å²) in [6.07, 6.45) is 7.66. The van der Waals surface area contributed by atoms with Gasteiger partial charge in [-0.3, -0.25) is 4.79 Å². The predicted molar refractivity (Wildman–Crippen MR) is 100 cm³/mol. The molecule has 0 aliphatic heterocycles. The average Bonchev–Trinajstić information content (AvgIpc) is 2.68. The monoisotopic (exact) mass is 353 g/mol. The van der Waals surface area contributed by atoms with Gasteiger partial charge in [0, 0.05) is 23.5 Å². The molecule has 1 aliphatic rings. The maximum Gasteiger partial charge on any atom is 0.337 e. The van der Waals surface area contributed by atoms with E-state index >= 15 is 0 Å². The van der Waals surface area contributed by atoms with Crippen molar-refractivity contribution in [1.29, 1.82) is 0 Å². The van der Waals surface area contributed by atoms with E-state index in [4.69, 9.17) is 4.74 Å². The van der Waals surface area contributed by atoms with Crippen molar-refractivity contribution in [3.63, 3.8) is 0 Å². The molecule has 0 saturated heterocycles. The standard InChI is InChI=1S/C20H23N3O3/c1-26-20(25)15-6-5-9-17(12-15)23-19(24)14-10-11-21-18(13-14)22-16-7-3-2-4-8-16/h5-6,9-13,16H,2-4,7-8H2,1H3,(H,21,22)(H,23,24). The highest BCUT2D eigenvalue weighted by Crippen LogP contribution is 2.21. The molecule has 1 fully saturated rings. The Labute approximate surface area is 153 Å². The van der Waals surface area contributed by atoms with Gasteiger partial charge in [-0.15, -0.1) is 0 Å². The van der Waals surface area contributed by atoms with Gasteiger partial charge in [0.15, 0.2) is 0 Å². The summed E-state index contributed by atoms with van der Waals surface area (Å²) in [5.41, 5.74) is 1.44. The van der Waals surface area contributed by atoms with Crippen molar-refractivity contribution >= 4 is 23.4 Å². The maximum absolute atomic E-state index is 12.5. The van der Waals surface area contributed by atoms with Crippen LogP contribution in [0, 0.1) is 0 Å². The average molecular weight is 353 g/mol. The molecule has 3 rings (SSSR count). The number of pyridine rings is 1. The van der Waals surface area contributed by atoms with Crippen LogP contribution in [0.25, 0.3) is 0 Å². The van der Waals surface area contributed by atoms with E-state index in [1.54, 1.807) is 42.6 Å². The molecule has 26 heavy (non-hydrogen) atoms. The van der Waals surface area contributed by atoms with Crippen molar-refractivity contribution in [2.45, 2.75) is 38.1 Å². The van der Waals surface area contributed by atoms with Crippen LogP contribution in [0.2, 0.25) is 0 Å². The lowest BCUT2D eigenvalue weighted by molar-refractivity contribution is 0.0600. The lowest BCUT2D eigenvalue weighted by Gasteiger charge is -2.23. The first-order valence-corrected chi connectivity index (χ1v) is 8.88. The summed E-state index contributed by atoms with van der Waals surface area (Å²) < 4.78 is 4.70. The topological polar surface area (TPSA) is 80.3 Å². The number of benzene rings is 1. The lowest BCUT2D eigenvalue weighted by atomic mass is 9.95. The molecule has 2 aromatic rings.